The van der Waals surface area contributed by atoms with Gasteiger partial charge < -0.3 is 5.32 Å². The largest absolute Gasteiger partial charge is 0.347 e. The summed E-state index contributed by atoms with van der Waals surface area (Å²) >= 11 is 0. The van der Waals surface area contributed by atoms with Gasteiger partial charge in [0, 0.05) is 6.04 Å². The smallest absolute Gasteiger partial charge is 0.288 e. The molecule has 0 aliphatic heterocycles. The van der Waals surface area contributed by atoms with Gasteiger partial charge in [0.05, 0.1) is 0 Å². The van der Waals surface area contributed by atoms with Crippen LogP contribution in [0.5, 0.6) is 0 Å². The van der Waals surface area contributed by atoms with Gasteiger partial charge in [0.1, 0.15) is 6.33 Å². The fourth-order valence-corrected chi connectivity index (χ4v) is 3.02. The van der Waals surface area contributed by atoms with E-state index >= 15 is 0 Å². The summed E-state index contributed by atoms with van der Waals surface area (Å²) in [6.07, 6.45) is 4.64. The third kappa shape index (κ3) is 3.05. The zero-order chi connectivity index (χ0) is 12.5. The molecule has 1 amide bonds. The van der Waals surface area contributed by atoms with Crippen molar-refractivity contribution in [3.05, 3.63) is 12.2 Å². The molecule has 2 atom stereocenters. The van der Waals surface area contributed by atoms with Crippen LogP contribution in [0.1, 0.15) is 50.7 Å². The van der Waals surface area contributed by atoms with Crippen LogP contribution in [0.4, 0.5) is 0 Å². The first-order valence-corrected chi connectivity index (χ1v) is 6.12. The summed E-state index contributed by atoms with van der Waals surface area (Å²) in [6, 6.07) is 0.242. The number of carbonyl (C=O) groups is 1. The highest BCUT2D eigenvalue weighted by molar-refractivity contribution is 5.90. The van der Waals surface area contributed by atoms with E-state index in [2.05, 4.69) is 41.3 Å². The quantitative estimate of drug-likeness (QED) is 0.821. The van der Waals surface area contributed by atoms with Crippen molar-refractivity contribution < 1.29 is 4.79 Å². The van der Waals surface area contributed by atoms with Crippen LogP contribution in [-0.2, 0) is 0 Å². The molecule has 2 N–H and O–H groups in total. The van der Waals surface area contributed by atoms with E-state index in [-0.39, 0.29) is 11.9 Å². The molecule has 0 radical (unpaired) electrons. The Labute approximate surface area is 101 Å². The van der Waals surface area contributed by atoms with Gasteiger partial charge in [0.25, 0.3) is 5.91 Å². The molecule has 0 bridgehead atoms. The Hall–Kier alpha value is -1.39. The molecule has 94 valence electrons. The maximum absolute atomic E-state index is 11.8. The third-order valence-electron chi connectivity index (χ3n) is 3.35. The minimum Gasteiger partial charge on any atom is -0.347 e. The fourth-order valence-electron chi connectivity index (χ4n) is 3.02. The predicted molar refractivity (Wildman–Crippen MR) is 64.4 cm³/mol. The Balaban J connectivity index is 1.97. The number of H-pyrrole nitrogens is 1. The van der Waals surface area contributed by atoms with Crippen molar-refractivity contribution in [2.24, 2.45) is 11.3 Å². The highest BCUT2D eigenvalue weighted by Crippen LogP contribution is 2.38. The lowest BCUT2D eigenvalue weighted by Crippen LogP contribution is -2.43. The molecule has 2 rings (SSSR count). The molecule has 5 nitrogen and oxygen atoms in total. The van der Waals surface area contributed by atoms with Crippen LogP contribution in [0.2, 0.25) is 0 Å². The summed E-state index contributed by atoms with van der Waals surface area (Å²) < 4.78 is 0. The highest BCUT2D eigenvalue weighted by atomic mass is 16.2. The van der Waals surface area contributed by atoms with Crippen LogP contribution in [0.3, 0.4) is 0 Å². The molecule has 1 heterocycles. The van der Waals surface area contributed by atoms with Crippen molar-refractivity contribution in [3.8, 4) is 0 Å². The summed E-state index contributed by atoms with van der Waals surface area (Å²) in [4.78, 5) is 15.7. The van der Waals surface area contributed by atoms with Crippen molar-refractivity contribution in [1.82, 2.24) is 20.5 Å². The lowest BCUT2D eigenvalue weighted by Gasteiger charge is -2.39. The number of aromatic amines is 1. The van der Waals surface area contributed by atoms with E-state index in [0.717, 1.165) is 12.8 Å². The zero-order valence-corrected chi connectivity index (χ0v) is 10.7. The first kappa shape index (κ1) is 12.1. The van der Waals surface area contributed by atoms with Gasteiger partial charge in [0.2, 0.25) is 5.82 Å². The number of carbonyl (C=O) groups excluding carboxylic acids is 1. The van der Waals surface area contributed by atoms with Crippen LogP contribution in [-0.4, -0.2) is 27.1 Å². The maximum atomic E-state index is 11.8. The first-order valence-electron chi connectivity index (χ1n) is 6.12. The van der Waals surface area contributed by atoms with Gasteiger partial charge in [-0.2, -0.15) is 5.10 Å². The fraction of sp³-hybridized carbons (Fsp3) is 0.750. The van der Waals surface area contributed by atoms with E-state index in [4.69, 9.17) is 0 Å². The van der Waals surface area contributed by atoms with Gasteiger partial charge in [-0.1, -0.05) is 20.8 Å². The summed E-state index contributed by atoms with van der Waals surface area (Å²) in [5.74, 6) is 0.789. The van der Waals surface area contributed by atoms with Crippen molar-refractivity contribution >= 4 is 5.91 Å². The molecule has 0 spiro atoms. The van der Waals surface area contributed by atoms with Crippen molar-refractivity contribution in [1.29, 1.82) is 0 Å². The van der Waals surface area contributed by atoms with E-state index in [0.29, 0.717) is 17.2 Å². The minimum absolute atomic E-state index is 0.155. The first-order chi connectivity index (χ1) is 7.96. The van der Waals surface area contributed by atoms with Gasteiger partial charge in [-0.15, -0.1) is 0 Å². The van der Waals surface area contributed by atoms with Crippen LogP contribution in [0.25, 0.3) is 0 Å². The number of amides is 1. The van der Waals surface area contributed by atoms with E-state index in [1.807, 2.05) is 0 Å². The second-order valence-corrected chi connectivity index (χ2v) is 5.92. The van der Waals surface area contributed by atoms with Crippen molar-refractivity contribution in [2.45, 2.75) is 46.1 Å². The molecule has 1 aliphatic rings. The van der Waals surface area contributed by atoms with Crippen molar-refractivity contribution in [2.75, 3.05) is 0 Å². The van der Waals surface area contributed by atoms with Crippen LogP contribution in [0.15, 0.2) is 6.33 Å². The molecule has 1 aromatic heterocycles. The third-order valence-corrected chi connectivity index (χ3v) is 3.35. The van der Waals surface area contributed by atoms with Gasteiger partial charge in [-0.05, 0) is 30.6 Å². The van der Waals surface area contributed by atoms with Crippen LogP contribution >= 0.6 is 0 Å². The van der Waals surface area contributed by atoms with Gasteiger partial charge in [-0.3, -0.25) is 9.89 Å². The molecule has 5 heteroatoms. The number of hydrogen-bond acceptors (Lipinski definition) is 3. The summed E-state index contributed by atoms with van der Waals surface area (Å²) in [5, 5.41) is 9.30. The molecule has 1 aromatic rings. The maximum Gasteiger partial charge on any atom is 0.288 e. The van der Waals surface area contributed by atoms with Crippen LogP contribution in [0, 0.1) is 11.3 Å². The number of hydrogen-bond donors (Lipinski definition) is 2. The second kappa shape index (κ2) is 4.47. The Kier molecular flexibility index (Phi) is 3.17. The monoisotopic (exact) mass is 236 g/mol. The summed E-state index contributed by atoms with van der Waals surface area (Å²) in [7, 11) is 0. The molecule has 0 saturated heterocycles. The molecule has 0 aromatic carbocycles. The predicted octanol–water partition coefficient (Wildman–Crippen LogP) is 1.75. The van der Waals surface area contributed by atoms with Gasteiger partial charge in [-0.25, -0.2) is 4.98 Å². The SMILES string of the molecule is C[C@H]1C[C@H](NC(=O)c2ncn[nH]2)CC(C)(C)C1. The van der Waals surface area contributed by atoms with E-state index in [1.165, 1.54) is 12.7 Å². The molecule has 0 unspecified atom stereocenters. The minimum atomic E-state index is -0.155. The number of rotatable bonds is 2. The standard InChI is InChI=1S/C12H20N4O/c1-8-4-9(6-12(2,3)5-8)15-11(17)10-13-7-14-16-10/h7-9H,4-6H2,1-3H3,(H,15,17)(H,13,14,16)/t8-,9-/m0/s1. The van der Waals surface area contributed by atoms with E-state index in [9.17, 15) is 4.79 Å². The molecule has 1 fully saturated rings. The van der Waals surface area contributed by atoms with E-state index in [1.54, 1.807) is 0 Å². The van der Waals surface area contributed by atoms with Crippen molar-refractivity contribution in [3.63, 3.8) is 0 Å². The Bertz CT molecular complexity index is 385. The molecular weight excluding hydrogens is 216 g/mol. The average molecular weight is 236 g/mol. The lowest BCUT2D eigenvalue weighted by atomic mass is 9.70. The Morgan fingerprint density at radius 1 is 1.53 bits per heavy atom. The van der Waals surface area contributed by atoms with Gasteiger partial charge in [0.15, 0.2) is 0 Å². The molecular formula is C12H20N4O. The molecule has 1 saturated carbocycles. The number of nitrogens with zero attached hydrogens (tertiary/aromatic N) is 2. The van der Waals surface area contributed by atoms with Gasteiger partial charge >= 0.3 is 0 Å². The summed E-state index contributed by atoms with van der Waals surface area (Å²) in [5.41, 5.74) is 0.303. The summed E-state index contributed by atoms with van der Waals surface area (Å²) in [6.45, 7) is 6.76. The van der Waals surface area contributed by atoms with Crippen LogP contribution < -0.4 is 5.32 Å². The number of nitrogens with one attached hydrogen (secondary N) is 2. The number of aromatic nitrogens is 3. The lowest BCUT2D eigenvalue weighted by molar-refractivity contribution is 0.0864. The second-order valence-electron chi connectivity index (χ2n) is 5.92. The Morgan fingerprint density at radius 3 is 2.88 bits per heavy atom. The highest BCUT2D eigenvalue weighted by Gasteiger charge is 2.33. The topological polar surface area (TPSA) is 70.7 Å². The average Bonchev–Trinajstić information content (AvgIpc) is 2.65. The molecule has 17 heavy (non-hydrogen) atoms. The molecule has 1 aliphatic carbocycles. The van der Waals surface area contributed by atoms with E-state index < -0.39 is 0 Å². The Morgan fingerprint density at radius 2 is 2.29 bits per heavy atom. The zero-order valence-electron chi connectivity index (χ0n) is 10.7. The normalized spacial score (nSPS) is 27.7.